The van der Waals surface area contributed by atoms with E-state index >= 15 is 0 Å². The fourth-order valence-electron chi connectivity index (χ4n) is 3.73. The zero-order valence-electron chi connectivity index (χ0n) is 17.9. The fourth-order valence-corrected chi connectivity index (χ4v) is 3.93. The van der Waals surface area contributed by atoms with E-state index in [4.69, 9.17) is 16.0 Å². The van der Waals surface area contributed by atoms with Crippen LogP contribution in [0, 0.1) is 5.92 Å². The molecule has 0 bridgehead atoms. The zero-order valence-corrected chi connectivity index (χ0v) is 18.6. The molecular weight excluding hydrogens is 386 g/mol. The van der Waals surface area contributed by atoms with Crippen molar-refractivity contribution in [3.05, 3.63) is 64.8 Å². The van der Waals surface area contributed by atoms with Crippen LogP contribution in [-0.4, -0.2) is 20.2 Å². The lowest BCUT2D eigenvalue weighted by atomic mass is 9.97. The van der Waals surface area contributed by atoms with Gasteiger partial charge in [-0.05, 0) is 48.9 Å². The van der Waals surface area contributed by atoms with E-state index in [9.17, 15) is 0 Å². The highest BCUT2D eigenvalue weighted by Crippen LogP contribution is 2.25. The minimum atomic E-state index is -0.161. The highest BCUT2D eigenvalue weighted by atomic mass is 35.5. The third-order valence-electron chi connectivity index (χ3n) is 5.67. The number of furan rings is 1. The maximum Gasteiger partial charge on any atom is 0.210 e. The van der Waals surface area contributed by atoms with Crippen LogP contribution >= 0.6 is 11.6 Å². The highest BCUT2D eigenvalue weighted by molar-refractivity contribution is 6.31. The molecule has 0 aliphatic carbocycles. The Hall–Kier alpha value is -2.18. The molecule has 3 rings (SSSR count). The van der Waals surface area contributed by atoms with Crippen LogP contribution in [0.15, 0.2) is 47.1 Å². The summed E-state index contributed by atoms with van der Waals surface area (Å²) in [5.74, 6) is 2.16. The van der Waals surface area contributed by atoms with Crippen molar-refractivity contribution in [2.24, 2.45) is 5.92 Å². The Bertz CT molecular complexity index is 904. The third-order valence-corrected chi connectivity index (χ3v) is 6.04. The van der Waals surface area contributed by atoms with E-state index < -0.39 is 0 Å². The first kappa shape index (κ1) is 21.5. The molecule has 1 N–H and O–H groups in total. The first-order valence-electron chi connectivity index (χ1n) is 10.2. The lowest BCUT2D eigenvalue weighted by Crippen LogP contribution is -3.10. The Kier molecular flexibility index (Phi) is 6.75. The number of aromatic nitrogens is 4. The number of hydrogen-bond donors (Lipinski definition) is 1. The van der Waals surface area contributed by atoms with Crippen LogP contribution in [0.3, 0.4) is 0 Å². The van der Waals surface area contributed by atoms with Gasteiger partial charge in [-0.3, -0.25) is 0 Å². The molecule has 0 aliphatic rings. The number of halogens is 1. The van der Waals surface area contributed by atoms with Crippen molar-refractivity contribution in [1.29, 1.82) is 0 Å². The topological polar surface area (TPSA) is 61.2 Å². The quantitative estimate of drug-likeness (QED) is 0.571. The summed E-state index contributed by atoms with van der Waals surface area (Å²) in [4.78, 5) is 1.30. The van der Waals surface area contributed by atoms with E-state index in [1.807, 2.05) is 35.0 Å². The van der Waals surface area contributed by atoms with Gasteiger partial charge in [-0.2, -0.15) is 0 Å². The van der Waals surface area contributed by atoms with Crippen LogP contribution in [0.4, 0.5) is 0 Å². The molecule has 29 heavy (non-hydrogen) atoms. The highest BCUT2D eigenvalue weighted by Gasteiger charge is 2.37. The van der Waals surface area contributed by atoms with Gasteiger partial charge in [0.25, 0.3) is 0 Å². The van der Waals surface area contributed by atoms with Gasteiger partial charge in [0.15, 0.2) is 11.8 Å². The largest absolute Gasteiger partial charge is 0.463 e. The van der Waals surface area contributed by atoms with Crippen LogP contribution in [-0.2, 0) is 18.6 Å². The molecule has 6 nitrogen and oxygen atoms in total. The zero-order chi connectivity index (χ0) is 21.0. The second-order valence-corrected chi connectivity index (χ2v) is 8.93. The van der Waals surface area contributed by atoms with Crippen LogP contribution in [0.1, 0.15) is 64.2 Å². The van der Waals surface area contributed by atoms with E-state index in [0.29, 0.717) is 5.92 Å². The first-order valence-corrected chi connectivity index (χ1v) is 10.6. The van der Waals surface area contributed by atoms with Crippen molar-refractivity contribution < 1.29 is 9.32 Å². The maximum atomic E-state index is 6.50. The van der Waals surface area contributed by atoms with Gasteiger partial charge >= 0.3 is 0 Å². The lowest BCUT2D eigenvalue weighted by molar-refractivity contribution is -0.963. The lowest BCUT2D eigenvalue weighted by Gasteiger charge is -2.33. The molecule has 0 fully saturated rings. The third kappa shape index (κ3) is 4.87. The van der Waals surface area contributed by atoms with Crippen LogP contribution in [0.2, 0.25) is 5.02 Å². The first-order chi connectivity index (χ1) is 13.8. The number of benzene rings is 1. The number of nitrogens with one attached hydrogen (secondary N) is 1. The molecule has 1 unspecified atom stereocenters. The minimum absolute atomic E-state index is 0.0807. The molecule has 1 aromatic carbocycles. The molecule has 0 radical (unpaired) electrons. The molecule has 0 spiro atoms. The van der Waals surface area contributed by atoms with Crippen molar-refractivity contribution in [3.63, 3.8) is 0 Å². The van der Waals surface area contributed by atoms with E-state index in [1.54, 1.807) is 6.26 Å². The number of rotatable bonds is 9. The molecule has 0 saturated carbocycles. The Labute approximate surface area is 177 Å². The Morgan fingerprint density at radius 1 is 1.14 bits per heavy atom. The van der Waals surface area contributed by atoms with E-state index in [1.165, 1.54) is 4.90 Å². The number of tetrazole rings is 1. The summed E-state index contributed by atoms with van der Waals surface area (Å²) in [7, 11) is 0. The summed E-state index contributed by atoms with van der Waals surface area (Å²) >= 11 is 6.50. The van der Waals surface area contributed by atoms with Crippen molar-refractivity contribution in [1.82, 2.24) is 20.2 Å². The van der Waals surface area contributed by atoms with Gasteiger partial charge in [-0.1, -0.05) is 50.6 Å². The molecule has 0 amide bonds. The molecule has 156 valence electrons. The molecule has 7 heteroatoms. The summed E-state index contributed by atoms with van der Waals surface area (Å²) in [6.07, 6.45) is 2.66. The smallest absolute Gasteiger partial charge is 0.210 e. The van der Waals surface area contributed by atoms with Crippen LogP contribution in [0.5, 0.6) is 0 Å². The second kappa shape index (κ2) is 9.09. The van der Waals surface area contributed by atoms with E-state index in [0.717, 1.165) is 41.7 Å². The van der Waals surface area contributed by atoms with Gasteiger partial charge in [-0.25, -0.2) is 4.68 Å². The molecule has 2 aromatic heterocycles. The van der Waals surface area contributed by atoms with E-state index in [2.05, 4.69) is 56.2 Å². The van der Waals surface area contributed by atoms with Gasteiger partial charge in [0.2, 0.25) is 5.82 Å². The monoisotopic (exact) mass is 416 g/mol. The molecular formula is C22H31ClN5O+. The standard InChI is InChI=1S/C22H30ClN5O/c1-6-22(4,5)28-21(24-25-26-28)20(16(2)3)27(15-18-11-9-13-29-18)14-17-10-7-8-12-19(17)23/h7-13,16,20H,6,14-15H2,1-5H3/p+1/t20-/m0/s1. The average Bonchev–Trinajstić information content (AvgIpc) is 3.36. The average molecular weight is 417 g/mol. The number of nitrogens with zero attached hydrogens (tertiary/aromatic N) is 4. The predicted molar refractivity (Wildman–Crippen MR) is 114 cm³/mol. The van der Waals surface area contributed by atoms with Gasteiger partial charge < -0.3 is 9.32 Å². The summed E-state index contributed by atoms with van der Waals surface area (Å²) in [6, 6.07) is 12.0. The normalized spacial score (nSPS) is 14.3. The van der Waals surface area contributed by atoms with E-state index in [-0.39, 0.29) is 11.6 Å². The summed E-state index contributed by atoms with van der Waals surface area (Å²) in [6.45, 7) is 12.4. The van der Waals surface area contributed by atoms with Crippen molar-refractivity contribution in [2.45, 2.75) is 65.7 Å². The predicted octanol–water partition coefficient (Wildman–Crippen LogP) is 4.05. The molecule has 0 saturated heterocycles. The molecule has 0 aliphatic heterocycles. The molecule has 3 aromatic rings. The summed E-state index contributed by atoms with van der Waals surface area (Å²) in [5.41, 5.74) is 0.946. The Morgan fingerprint density at radius 2 is 1.90 bits per heavy atom. The number of hydrogen-bond acceptors (Lipinski definition) is 4. The van der Waals surface area contributed by atoms with Gasteiger partial charge in [-0.15, -0.1) is 5.10 Å². The van der Waals surface area contributed by atoms with Gasteiger partial charge in [0.1, 0.15) is 13.1 Å². The van der Waals surface area contributed by atoms with Gasteiger partial charge in [0.05, 0.1) is 11.8 Å². The molecule has 2 atom stereocenters. The van der Waals surface area contributed by atoms with Crippen molar-refractivity contribution in [2.75, 3.05) is 0 Å². The fraction of sp³-hybridized carbons (Fsp3) is 0.500. The SMILES string of the molecule is CCC(C)(C)n1nnnc1[C@H](C(C)C)[NH+](Cc1ccco1)Cc1ccccc1Cl. The van der Waals surface area contributed by atoms with Crippen molar-refractivity contribution in [3.8, 4) is 0 Å². The Balaban J connectivity index is 2.03. The number of quaternary nitrogens is 1. The Morgan fingerprint density at radius 3 is 2.52 bits per heavy atom. The summed E-state index contributed by atoms with van der Waals surface area (Å²) < 4.78 is 7.68. The minimum Gasteiger partial charge on any atom is -0.463 e. The second-order valence-electron chi connectivity index (χ2n) is 8.52. The maximum absolute atomic E-state index is 6.50. The van der Waals surface area contributed by atoms with Crippen molar-refractivity contribution >= 4 is 11.6 Å². The molecule has 2 heterocycles. The summed E-state index contributed by atoms with van der Waals surface area (Å²) in [5, 5.41) is 13.7. The van der Waals surface area contributed by atoms with Gasteiger partial charge in [0, 0.05) is 16.5 Å². The van der Waals surface area contributed by atoms with Crippen LogP contribution < -0.4 is 4.90 Å². The van der Waals surface area contributed by atoms with Crippen LogP contribution in [0.25, 0.3) is 0 Å².